The average molecular weight is 491 g/mol. The Labute approximate surface area is 181 Å². The van der Waals surface area contributed by atoms with Gasteiger partial charge < -0.3 is 9.47 Å². The Balaban J connectivity index is 4.60. The van der Waals surface area contributed by atoms with Crippen LogP contribution in [0.1, 0.15) is 34.6 Å². The Morgan fingerprint density at radius 1 is 0.533 bits per heavy atom. The molecule has 0 unspecified atom stereocenters. The molecule has 0 saturated carbocycles. The average Bonchev–Trinajstić information content (AvgIpc) is 2.65. The van der Waals surface area contributed by atoms with Crippen molar-refractivity contribution in [1.29, 1.82) is 0 Å². The van der Waals surface area contributed by atoms with Gasteiger partial charge >= 0.3 is 142 Å². The van der Waals surface area contributed by atoms with Crippen molar-refractivity contribution in [3.8, 4) is 0 Å². The van der Waals surface area contributed by atoms with Gasteiger partial charge in [0.1, 0.15) is 0 Å². The summed E-state index contributed by atoms with van der Waals surface area (Å²) < 4.78 is 29.4. The summed E-state index contributed by atoms with van der Waals surface area (Å²) in [6.07, 6.45) is -6.00. The van der Waals surface area contributed by atoms with E-state index in [4.69, 9.17) is 22.5 Å². The third kappa shape index (κ3) is 10.1. The van der Waals surface area contributed by atoms with E-state index in [1.807, 2.05) is 11.0 Å². The van der Waals surface area contributed by atoms with Crippen LogP contribution in [0.15, 0.2) is 0 Å². The molecule has 0 aromatic rings. The number of carbonyl (C=O) groups is 5. The molecule has 12 heteroatoms. The monoisotopic (exact) mass is 490 g/mol. The maximum atomic E-state index is 12.0. The second kappa shape index (κ2) is 13.3. The van der Waals surface area contributed by atoms with Gasteiger partial charge in [-0.1, -0.05) is 0 Å². The van der Waals surface area contributed by atoms with Crippen LogP contribution in [0, 0.1) is 0 Å². The van der Waals surface area contributed by atoms with Gasteiger partial charge in [0.2, 0.25) is 0 Å². The number of ether oxygens (including phenoxy) is 5. The molecule has 0 bridgehead atoms. The molecule has 0 amide bonds. The molecule has 0 aliphatic carbocycles. The summed E-state index contributed by atoms with van der Waals surface area (Å²) in [7, 11) is 1.13. The summed E-state index contributed by atoms with van der Waals surface area (Å²) in [5.74, 6) is -4.47. The molecule has 0 spiro atoms. The second-order valence-corrected chi connectivity index (χ2v) is 11.6. The predicted octanol–water partition coefficient (Wildman–Crippen LogP) is 0.542. The topological polar surface area (TPSA) is 141 Å². The minimum atomic E-state index is -1.91. The van der Waals surface area contributed by atoms with Gasteiger partial charge in [0.25, 0.3) is 0 Å². The molecule has 0 rings (SSSR count). The fraction of sp³-hybridized carbons (Fsp3) is 0.722. The first-order valence-corrected chi connectivity index (χ1v) is 15.2. The molecular weight excluding hydrogens is 462 g/mol. The zero-order valence-corrected chi connectivity index (χ0v) is 20.9. The van der Waals surface area contributed by atoms with Gasteiger partial charge in [0.15, 0.2) is 6.10 Å². The first kappa shape index (κ1) is 27.9. The van der Waals surface area contributed by atoms with E-state index in [9.17, 15) is 24.0 Å². The Morgan fingerprint density at radius 3 is 1.07 bits per heavy atom. The van der Waals surface area contributed by atoms with E-state index in [0.717, 1.165) is 7.11 Å². The summed E-state index contributed by atoms with van der Waals surface area (Å²) in [5, 5.41) is 0. The second-order valence-electron chi connectivity index (χ2n) is 6.67. The molecule has 0 radical (unpaired) electrons. The van der Waals surface area contributed by atoms with E-state index in [2.05, 4.69) is 4.74 Å². The zero-order chi connectivity index (χ0) is 23.6. The van der Waals surface area contributed by atoms with Crippen LogP contribution >= 0.6 is 0 Å². The van der Waals surface area contributed by atoms with Crippen LogP contribution in [0.3, 0.4) is 0 Å². The molecular formula is C18H29GaO11. The fourth-order valence-electron chi connectivity index (χ4n) is 1.90. The predicted molar refractivity (Wildman–Crippen MR) is 102 cm³/mol. The van der Waals surface area contributed by atoms with Gasteiger partial charge in [-0.2, -0.15) is 0 Å². The number of esters is 5. The van der Waals surface area contributed by atoms with E-state index in [-0.39, 0.29) is 0 Å². The first-order valence-electron chi connectivity index (χ1n) is 9.35. The number of rotatable bonds is 11. The Bertz CT molecular complexity index is 634. The molecule has 11 nitrogen and oxygen atoms in total. The van der Waals surface area contributed by atoms with Crippen molar-refractivity contribution < 1.29 is 51.2 Å². The molecule has 0 aromatic heterocycles. The van der Waals surface area contributed by atoms with Crippen LogP contribution in [0.25, 0.3) is 0 Å². The fourth-order valence-corrected chi connectivity index (χ4v) is 3.85. The van der Waals surface area contributed by atoms with Crippen molar-refractivity contribution in [2.45, 2.75) is 76.1 Å². The summed E-state index contributed by atoms with van der Waals surface area (Å²) in [6, 6.07) is 0. The van der Waals surface area contributed by atoms with Crippen molar-refractivity contribution in [1.82, 2.24) is 0 Å². The van der Waals surface area contributed by atoms with E-state index in [1.54, 1.807) is 0 Å². The molecule has 0 aliphatic rings. The van der Waals surface area contributed by atoms with E-state index >= 15 is 0 Å². The molecule has 0 heterocycles. The number of hydrogen-bond acceptors (Lipinski definition) is 11. The van der Waals surface area contributed by atoms with Crippen LogP contribution in [-0.4, -0.2) is 84.1 Å². The van der Waals surface area contributed by atoms with Gasteiger partial charge in [-0.3, -0.25) is 0 Å². The Hall–Kier alpha value is -2.05. The van der Waals surface area contributed by atoms with Crippen molar-refractivity contribution in [2.75, 3.05) is 7.11 Å². The third-order valence-electron chi connectivity index (χ3n) is 3.51. The first-order chi connectivity index (χ1) is 13.8. The molecule has 170 valence electrons. The standard InChI is InChI=1S/C16H23O11.2CH3.Ga/c1-7(17)12(18)24-9(3)14(20)26-11(5)16(22)27-10(4)15(21)25-8(2)13(19)23-6;;;/h7-11H,1-6H3;2*1H3;/q-1;;;+1/t7-,8-,9-,10+,11+;;;/m0.../s1. The van der Waals surface area contributed by atoms with Crippen molar-refractivity contribution in [3.05, 3.63) is 0 Å². The quantitative estimate of drug-likeness (QED) is 0.227. The summed E-state index contributed by atoms with van der Waals surface area (Å²) in [6.45, 7) is 6.55. The van der Waals surface area contributed by atoms with Gasteiger partial charge in [0.05, 0.1) is 7.11 Å². The van der Waals surface area contributed by atoms with Crippen molar-refractivity contribution in [2.24, 2.45) is 0 Å². The van der Waals surface area contributed by atoms with Crippen LogP contribution in [0.2, 0.25) is 11.0 Å². The van der Waals surface area contributed by atoms with Crippen molar-refractivity contribution >= 4 is 46.4 Å². The molecule has 0 aromatic carbocycles. The third-order valence-corrected chi connectivity index (χ3v) is 5.51. The van der Waals surface area contributed by atoms with Crippen LogP contribution < -0.4 is 0 Å². The van der Waals surface area contributed by atoms with E-state index in [0.29, 0.717) is 0 Å². The van der Waals surface area contributed by atoms with Gasteiger partial charge in [0, 0.05) is 0 Å². The maximum absolute atomic E-state index is 12.0. The van der Waals surface area contributed by atoms with Gasteiger partial charge in [-0.25, -0.2) is 9.59 Å². The molecule has 30 heavy (non-hydrogen) atoms. The van der Waals surface area contributed by atoms with Crippen LogP contribution in [-0.2, 0) is 51.2 Å². The Kier molecular flexibility index (Phi) is 12.4. The molecule has 0 saturated heterocycles. The normalized spacial score (nSPS) is 15.5. The van der Waals surface area contributed by atoms with Crippen LogP contribution in [0.5, 0.6) is 0 Å². The van der Waals surface area contributed by atoms with E-state index in [1.165, 1.54) is 34.6 Å². The van der Waals surface area contributed by atoms with Crippen LogP contribution in [0.4, 0.5) is 0 Å². The van der Waals surface area contributed by atoms with Gasteiger partial charge in [-0.15, -0.1) is 0 Å². The molecule has 0 N–H and O–H groups in total. The zero-order valence-electron chi connectivity index (χ0n) is 18.5. The van der Waals surface area contributed by atoms with Gasteiger partial charge in [-0.05, 0) is 6.92 Å². The summed E-state index contributed by atoms with van der Waals surface area (Å²) >= 11 is -1.91. The number of hydrogen-bond donors (Lipinski definition) is 0. The molecule has 0 aliphatic heterocycles. The van der Waals surface area contributed by atoms with Crippen molar-refractivity contribution in [3.63, 3.8) is 0 Å². The minimum absolute atomic E-state index is 0.718. The Morgan fingerprint density at radius 2 is 0.800 bits per heavy atom. The SMILES string of the molecule is COC(=O)[C@H](C)OC(=O)[C@@H](C)OC(=O)[C@@H](C)OC(=O)[C@H](C)OC(=O)[C@H](C)[O][Ga]([CH3])[CH3]. The summed E-state index contributed by atoms with van der Waals surface area (Å²) in [4.78, 5) is 59.0. The molecule has 5 atom stereocenters. The number of carbonyl (C=O) groups excluding carboxylic acids is 5. The summed E-state index contributed by atoms with van der Waals surface area (Å²) in [5.41, 5.74) is 3.85. The molecule has 0 fully saturated rings. The van der Waals surface area contributed by atoms with E-state index < -0.39 is 76.9 Å². The number of methoxy groups -OCH3 is 1.